The number of rotatable bonds is 3. The highest BCUT2D eigenvalue weighted by atomic mass is 16.6. The van der Waals surface area contributed by atoms with Gasteiger partial charge < -0.3 is 15.0 Å². The van der Waals surface area contributed by atoms with Crippen LogP contribution in [-0.4, -0.2) is 48.1 Å². The molecule has 0 aliphatic carbocycles. The van der Waals surface area contributed by atoms with Crippen molar-refractivity contribution in [1.82, 2.24) is 4.90 Å². The first-order valence-electron chi connectivity index (χ1n) is 6.84. The number of anilines is 1. The van der Waals surface area contributed by atoms with E-state index in [4.69, 9.17) is 4.74 Å². The standard InChI is InChI=1S/C14H19N3O4/c1-9-7-16(8-10(2)21-9)14(18)11-5-4-6-12(15-3)13(11)17(19)20/h4-6,9-10,15H,7-8H2,1-3H3/t9-,10+. The number of benzene rings is 1. The number of nitro benzene ring substituents is 1. The van der Waals surface area contributed by atoms with E-state index < -0.39 is 4.92 Å². The van der Waals surface area contributed by atoms with Crippen molar-refractivity contribution in [2.45, 2.75) is 26.1 Å². The summed E-state index contributed by atoms with van der Waals surface area (Å²) in [5.74, 6) is -0.333. The maximum Gasteiger partial charge on any atom is 0.305 e. The molecule has 1 aromatic carbocycles. The third-order valence-corrected chi connectivity index (χ3v) is 3.43. The van der Waals surface area contributed by atoms with Crippen LogP contribution in [0, 0.1) is 10.1 Å². The zero-order chi connectivity index (χ0) is 15.6. The first kappa shape index (κ1) is 15.2. The molecule has 7 heteroatoms. The Morgan fingerprint density at radius 3 is 2.52 bits per heavy atom. The lowest BCUT2D eigenvalue weighted by atomic mass is 10.1. The normalized spacial score (nSPS) is 22.0. The molecular weight excluding hydrogens is 274 g/mol. The van der Waals surface area contributed by atoms with Gasteiger partial charge in [-0.15, -0.1) is 0 Å². The number of nitrogens with zero attached hydrogens (tertiary/aromatic N) is 2. The van der Waals surface area contributed by atoms with E-state index in [0.29, 0.717) is 18.8 Å². The number of morpholine rings is 1. The van der Waals surface area contributed by atoms with Crippen LogP contribution in [0.25, 0.3) is 0 Å². The van der Waals surface area contributed by atoms with Gasteiger partial charge in [0.15, 0.2) is 0 Å². The van der Waals surface area contributed by atoms with Gasteiger partial charge in [-0.3, -0.25) is 14.9 Å². The van der Waals surface area contributed by atoms with Crippen molar-refractivity contribution in [1.29, 1.82) is 0 Å². The molecule has 7 nitrogen and oxygen atoms in total. The first-order chi connectivity index (χ1) is 9.93. The van der Waals surface area contributed by atoms with Gasteiger partial charge in [0.1, 0.15) is 11.3 Å². The highest BCUT2D eigenvalue weighted by Gasteiger charge is 2.31. The minimum Gasteiger partial charge on any atom is -0.383 e. The van der Waals surface area contributed by atoms with E-state index >= 15 is 0 Å². The van der Waals surface area contributed by atoms with Crippen molar-refractivity contribution in [2.24, 2.45) is 0 Å². The third-order valence-electron chi connectivity index (χ3n) is 3.43. The van der Waals surface area contributed by atoms with Gasteiger partial charge in [0, 0.05) is 20.1 Å². The Kier molecular flexibility index (Phi) is 4.42. The summed E-state index contributed by atoms with van der Waals surface area (Å²) in [7, 11) is 1.59. The fourth-order valence-electron chi connectivity index (χ4n) is 2.63. The maximum atomic E-state index is 12.6. The molecule has 1 N–H and O–H groups in total. The fourth-order valence-corrected chi connectivity index (χ4v) is 2.63. The van der Waals surface area contributed by atoms with Crippen LogP contribution in [0.4, 0.5) is 11.4 Å². The lowest BCUT2D eigenvalue weighted by Gasteiger charge is -2.35. The van der Waals surface area contributed by atoms with Crippen LogP contribution in [0.15, 0.2) is 18.2 Å². The zero-order valence-corrected chi connectivity index (χ0v) is 12.3. The molecule has 0 unspecified atom stereocenters. The molecule has 2 rings (SSSR count). The van der Waals surface area contributed by atoms with Crippen molar-refractivity contribution in [3.05, 3.63) is 33.9 Å². The number of carbonyl (C=O) groups is 1. The van der Waals surface area contributed by atoms with Gasteiger partial charge in [0.05, 0.1) is 17.1 Å². The minimum atomic E-state index is -0.521. The molecule has 0 bridgehead atoms. The van der Waals surface area contributed by atoms with Gasteiger partial charge in [-0.2, -0.15) is 0 Å². The molecule has 1 amide bonds. The lowest BCUT2D eigenvalue weighted by molar-refractivity contribution is -0.384. The predicted octanol–water partition coefficient (Wildman–Crippen LogP) is 1.89. The van der Waals surface area contributed by atoms with Crippen molar-refractivity contribution in [2.75, 3.05) is 25.5 Å². The Labute approximate surface area is 123 Å². The number of ether oxygens (including phenoxy) is 1. The summed E-state index contributed by atoms with van der Waals surface area (Å²) >= 11 is 0. The van der Waals surface area contributed by atoms with Crippen molar-refractivity contribution >= 4 is 17.3 Å². The van der Waals surface area contributed by atoms with Gasteiger partial charge in [0.25, 0.3) is 5.91 Å². The van der Waals surface area contributed by atoms with E-state index in [9.17, 15) is 14.9 Å². The molecule has 0 aromatic heterocycles. The van der Waals surface area contributed by atoms with E-state index in [1.807, 2.05) is 13.8 Å². The number of carbonyl (C=O) groups excluding carboxylic acids is 1. The molecule has 1 aromatic rings. The highest BCUT2D eigenvalue weighted by Crippen LogP contribution is 2.29. The third kappa shape index (κ3) is 3.13. The summed E-state index contributed by atoms with van der Waals surface area (Å²) < 4.78 is 5.58. The van der Waals surface area contributed by atoms with E-state index in [1.165, 1.54) is 6.07 Å². The molecular formula is C14H19N3O4. The van der Waals surface area contributed by atoms with Crippen LogP contribution in [0.1, 0.15) is 24.2 Å². The lowest BCUT2D eigenvalue weighted by Crippen LogP contribution is -2.48. The molecule has 21 heavy (non-hydrogen) atoms. The van der Waals surface area contributed by atoms with Gasteiger partial charge in [-0.25, -0.2) is 0 Å². The molecule has 0 saturated carbocycles. The van der Waals surface area contributed by atoms with Crippen LogP contribution in [-0.2, 0) is 4.74 Å². The molecule has 1 saturated heterocycles. The minimum absolute atomic E-state index is 0.0794. The number of nitrogens with one attached hydrogen (secondary N) is 1. The molecule has 1 aliphatic heterocycles. The van der Waals surface area contributed by atoms with E-state index in [1.54, 1.807) is 24.1 Å². The van der Waals surface area contributed by atoms with Crippen LogP contribution >= 0.6 is 0 Å². The van der Waals surface area contributed by atoms with Crippen molar-refractivity contribution in [3.63, 3.8) is 0 Å². The Morgan fingerprint density at radius 2 is 2.00 bits per heavy atom. The second-order valence-corrected chi connectivity index (χ2v) is 5.18. The highest BCUT2D eigenvalue weighted by molar-refractivity contribution is 6.00. The van der Waals surface area contributed by atoms with Crippen molar-refractivity contribution in [3.8, 4) is 0 Å². The summed E-state index contributed by atoms with van der Waals surface area (Å²) in [5, 5.41) is 14.0. The SMILES string of the molecule is CNc1cccc(C(=O)N2C[C@@H](C)O[C@@H](C)C2)c1[N+](=O)[O-]. The molecule has 114 valence electrons. The van der Waals surface area contributed by atoms with Gasteiger partial charge in [-0.05, 0) is 26.0 Å². The maximum absolute atomic E-state index is 12.6. The topological polar surface area (TPSA) is 84.7 Å². The molecule has 2 atom stereocenters. The summed E-state index contributed by atoms with van der Waals surface area (Å²) in [5.41, 5.74) is 0.255. The van der Waals surface area contributed by atoms with Gasteiger partial charge >= 0.3 is 5.69 Å². The Balaban J connectivity index is 2.37. The second-order valence-electron chi connectivity index (χ2n) is 5.18. The summed E-state index contributed by atoms with van der Waals surface area (Å²) in [6, 6.07) is 4.71. The molecule has 1 heterocycles. The smallest absolute Gasteiger partial charge is 0.305 e. The predicted molar refractivity (Wildman–Crippen MR) is 78.6 cm³/mol. The average molecular weight is 293 g/mol. The molecule has 0 spiro atoms. The fraction of sp³-hybridized carbons (Fsp3) is 0.500. The number of para-hydroxylation sites is 1. The average Bonchev–Trinajstić information content (AvgIpc) is 2.44. The quantitative estimate of drug-likeness (QED) is 0.679. The summed E-state index contributed by atoms with van der Waals surface area (Å²) in [6.07, 6.45) is -0.159. The van der Waals surface area contributed by atoms with Crippen LogP contribution < -0.4 is 5.32 Å². The van der Waals surface area contributed by atoms with Crippen molar-refractivity contribution < 1.29 is 14.5 Å². The van der Waals surface area contributed by atoms with Crippen LogP contribution in [0.5, 0.6) is 0 Å². The second kappa shape index (κ2) is 6.09. The monoisotopic (exact) mass is 293 g/mol. The summed E-state index contributed by atoms with van der Waals surface area (Å²) in [6.45, 7) is 4.64. The molecule has 1 aliphatic rings. The number of hydrogen-bond acceptors (Lipinski definition) is 5. The van der Waals surface area contributed by atoms with Gasteiger partial charge in [0.2, 0.25) is 0 Å². The van der Waals surface area contributed by atoms with Crippen LogP contribution in [0.3, 0.4) is 0 Å². The molecule has 1 fully saturated rings. The van der Waals surface area contributed by atoms with Gasteiger partial charge in [-0.1, -0.05) is 6.07 Å². The first-order valence-corrected chi connectivity index (χ1v) is 6.84. The molecule has 0 radical (unpaired) electrons. The van der Waals surface area contributed by atoms with E-state index in [-0.39, 0.29) is 29.4 Å². The Hall–Kier alpha value is -2.15. The summed E-state index contributed by atoms with van der Waals surface area (Å²) in [4.78, 5) is 25.0. The van der Waals surface area contributed by atoms with E-state index in [2.05, 4.69) is 5.32 Å². The Morgan fingerprint density at radius 1 is 1.38 bits per heavy atom. The largest absolute Gasteiger partial charge is 0.383 e. The number of hydrogen-bond donors (Lipinski definition) is 1. The Bertz CT molecular complexity index is 551. The number of amides is 1. The zero-order valence-electron chi connectivity index (χ0n) is 12.3. The number of nitro groups is 1. The van der Waals surface area contributed by atoms with Crippen LogP contribution in [0.2, 0.25) is 0 Å². The van der Waals surface area contributed by atoms with E-state index in [0.717, 1.165) is 0 Å².